The maximum atomic E-state index is 12.7. The molecule has 0 aliphatic carbocycles. The molecule has 1 heterocycles. The minimum Gasteiger partial charge on any atom is -0.488 e. The first-order valence-corrected chi connectivity index (χ1v) is 9.79. The number of nitrogens with one attached hydrogen (secondary N) is 1. The molecular weight excluding hydrogens is 360 g/mol. The molecule has 146 valence electrons. The average Bonchev–Trinajstić information content (AvgIpc) is 3.11. The topological polar surface area (TPSA) is 43.3 Å². The summed E-state index contributed by atoms with van der Waals surface area (Å²) in [6, 6.07) is 28.0. The fraction of sp³-hybridized carbons (Fsp3) is 0.160. The molecule has 0 saturated heterocycles. The molecule has 0 radical (unpaired) electrons. The standard InChI is InChI=1S/C25H24N2O2/c1-27-22-13-8-14-24(29-18-20-11-6-3-7-12-20)21(22)17-23(27)25(28)26-16-15-19-9-4-2-5-10-19/h2-14,17H,15-16,18H2,1H3,(H,26,28). The number of benzene rings is 3. The summed E-state index contributed by atoms with van der Waals surface area (Å²) >= 11 is 0. The largest absolute Gasteiger partial charge is 0.488 e. The van der Waals surface area contributed by atoms with Crippen LogP contribution in [0.2, 0.25) is 0 Å². The van der Waals surface area contributed by atoms with E-state index in [2.05, 4.69) is 17.4 Å². The van der Waals surface area contributed by atoms with Crippen molar-refractivity contribution in [1.82, 2.24) is 9.88 Å². The van der Waals surface area contributed by atoms with Crippen LogP contribution in [0.15, 0.2) is 84.9 Å². The van der Waals surface area contributed by atoms with Gasteiger partial charge in [0.05, 0.1) is 5.52 Å². The first-order valence-electron chi connectivity index (χ1n) is 9.79. The van der Waals surface area contributed by atoms with Crippen LogP contribution in [0.3, 0.4) is 0 Å². The molecule has 0 spiro atoms. The van der Waals surface area contributed by atoms with Crippen molar-refractivity contribution in [2.24, 2.45) is 7.05 Å². The summed E-state index contributed by atoms with van der Waals surface area (Å²) in [6.07, 6.45) is 0.807. The fourth-order valence-electron chi connectivity index (χ4n) is 3.47. The highest BCUT2D eigenvalue weighted by Gasteiger charge is 2.15. The van der Waals surface area contributed by atoms with Crippen LogP contribution in [0, 0.1) is 0 Å². The van der Waals surface area contributed by atoms with Crippen molar-refractivity contribution in [3.8, 4) is 5.75 Å². The normalized spacial score (nSPS) is 10.8. The number of nitrogens with zero attached hydrogens (tertiary/aromatic N) is 1. The van der Waals surface area contributed by atoms with E-state index in [1.54, 1.807) is 0 Å². The molecule has 1 N–H and O–H groups in total. The van der Waals surface area contributed by atoms with E-state index in [0.29, 0.717) is 18.8 Å². The highest BCUT2D eigenvalue weighted by Crippen LogP contribution is 2.29. The zero-order valence-corrected chi connectivity index (χ0v) is 16.5. The Bertz CT molecular complexity index is 1100. The Labute approximate surface area is 170 Å². The van der Waals surface area contributed by atoms with Crippen LogP contribution < -0.4 is 10.1 Å². The Morgan fingerprint density at radius 3 is 2.31 bits per heavy atom. The third kappa shape index (κ3) is 4.32. The van der Waals surface area contributed by atoms with Crippen LogP contribution in [0.4, 0.5) is 0 Å². The molecule has 4 rings (SSSR count). The summed E-state index contributed by atoms with van der Waals surface area (Å²) in [5, 5.41) is 3.97. The molecule has 0 unspecified atom stereocenters. The number of hydrogen-bond acceptors (Lipinski definition) is 2. The van der Waals surface area contributed by atoms with Crippen molar-refractivity contribution in [3.63, 3.8) is 0 Å². The van der Waals surface area contributed by atoms with Gasteiger partial charge < -0.3 is 14.6 Å². The number of amides is 1. The Kier molecular flexibility index (Phi) is 5.61. The number of ether oxygens (including phenoxy) is 1. The summed E-state index contributed by atoms with van der Waals surface area (Å²) in [4.78, 5) is 12.7. The van der Waals surface area contributed by atoms with Crippen molar-refractivity contribution in [3.05, 3.63) is 102 Å². The molecule has 4 aromatic rings. The second kappa shape index (κ2) is 8.65. The van der Waals surface area contributed by atoms with E-state index < -0.39 is 0 Å². The maximum absolute atomic E-state index is 12.7. The molecule has 0 bridgehead atoms. The predicted octanol–water partition coefficient (Wildman–Crippen LogP) is 4.73. The van der Waals surface area contributed by atoms with Crippen LogP contribution >= 0.6 is 0 Å². The third-order valence-electron chi connectivity index (χ3n) is 5.06. The van der Waals surface area contributed by atoms with Gasteiger partial charge in [0.25, 0.3) is 5.91 Å². The number of hydrogen-bond donors (Lipinski definition) is 1. The van der Waals surface area contributed by atoms with Crippen molar-refractivity contribution >= 4 is 16.8 Å². The van der Waals surface area contributed by atoms with Crippen LogP contribution in [0.25, 0.3) is 10.9 Å². The molecule has 4 heteroatoms. The Hall–Kier alpha value is -3.53. The van der Waals surface area contributed by atoms with Gasteiger partial charge in [-0.25, -0.2) is 0 Å². The molecule has 0 aliphatic heterocycles. The van der Waals surface area contributed by atoms with Gasteiger partial charge in [-0.15, -0.1) is 0 Å². The van der Waals surface area contributed by atoms with Crippen molar-refractivity contribution in [2.45, 2.75) is 13.0 Å². The summed E-state index contributed by atoms with van der Waals surface area (Å²) in [7, 11) is 1.91. The van der Waals surface area contributed by atoms with Crippen molar-refractivity contribution in [1.29, 1.82) is 0 Å². The van der Waals surface area contributed by atoms with Gasteiger partial charge in [0.2, 0.25) is 0 Å². The average molecular weight is 384 g/mol. The molecule has 0 fully saturated rings. The van der Waals surface area contributed by atoms with Crippen LogP contribution in [-0.2, 0) is 20.1 Å². The summed E-state index contributed by atoms with van der Waals surface area (Å²) in [5.41, 5.74) is 3.92. The number of carbonyl (C=O) groups is 1. The summed E-state index contributed by atoms with van der Waals surface area (Å²) < 4.78 is 7.97. The molecule has 0 saturated carbocycles. The monoisotopic (exact) mass is 384 g/mol. The Balaban J connectivity index is 1.48. The highest BCUT2D eigenvalue weighted by atomic mass is 16.5. The highest BCUT2D eigenvalue weighted by molar-refractivity contribution is 6.00. The van der Waals surface area contributed by atoms with Gasteiger partial charge in [-0.1, -0.05) is 66.7 Å². The number of fused-ring (bicyclic) bond motifs is 1. The number of aryl methyl sites for hydroxylation is 1. The minimum absolute atomic E-state index is 0.0753. The van der Waals surface area contributed by atoms with Gasteiger partial charge in [-0.3, -0.25) is 4.79 Å². The number of carbonyl (C=O) groups excluding carboxylic acids is 1. The molecule has 3 aromatic carbocycles. The number of rotatable bonds is 7. The van der Waals surface area contributed by atoms with Crippen LogP contribution in [0.1, 0.15) is 21.6 Å². The van der Waals surface area contributed by atoms with E-state index in [1.807, 2.05) is 84.4 Å². The minimum atomic E-state index is -0.0753. The second-order valence-electron chi connectivity index (χ2n) is 7.04. The third-order valence-corrected chi connectivity index (χ3v) is 5.06. The SMILES string of the molecule is Cn1c(C(=O)NCCc2ccccc2)cc2c(OCc3ccccc3)cccc21. The van der Waals surface area contributed by atoms with E-state index in [0.717, 1.165) is 28.6 Å². The quantitative estimate of drug-likeness (QED) is 0.501. The van der Waals surface area contributed by atoms with Gasteiger partial charge in [-0.2, -0.15) is 0 Å². The van der Waals surface area contributed by atoms with Gasteiger partial charge in [-0.05, 0) is 35.7 Å². The van der Waals surface area contributed by atoms with Crippen molar-refractivity contribution < 1.29 is 9.53 Å². The van der Waals surface area contributed by atoms with Gasteiger partial charge in [0.1, 0.15) is 18.1 Å². The number of aromatic nitrogens is 1. The van der Waals surface area contributed by atoms with Crippen LogP contribution in [0.5, 0.6) is 5.75 Å². The van der Waals surface area contributed by atoms with Crippen molar-refractivity contribution in [2.75, 3.05) is 6.54 Å². The smallest absolute Gasteiger partial charge is 0.267 e. The lowest BCUT2D eigenvalue weighted by molar-refractivity contribution is 0.0946. The van der Waals surface area contributed by atoms with Gasteiger partial charge in [0.15, 0.2) is 0 Å². The second-order valence-corrected chi connectivity index (χ2v) is 7.04. The molecule has 4 nitrogen and oxygen atoms in total. The summed E-state index contributed by atoms with van der Waals surface area (Å²) in [6.45, 7) is 1.09. The lowest BCUT2D eigenvalue weighted by Crippen LogP contribution is -2.27. The van der Waals surface area contributed by atoms with Gasteiger partial charge in [0, 0.05) is 19.0 Å². The molecular formula is C25H24N2O2. The zero-order chi connectivity index (χ0) is 20.1. The van der Waals surface area contributed by atoms with E-state index in [-0.39, 0.29) is 5.91 Å². The molecule has 1 amide bonds. The lowest BCUT2D eigenvalue weighted by atomic mass is 10.1. The summed E-state index contributed by atoms with van der Waals surface area (Å²) in [5.74, 6) is 0.707. The Morgan fingerprint density at radius 1 is 0.897 bits per heavy atom. The molecule has 0 atom stereocenters. The van der Waals surface area contributed by atoms with E-state index in [9.17, 15) is 4.79 Å². The molecule has 1 aromatic heterocycles. The lowest BCUT2D eigenvalue weighted by Gasteiger charge is -2.08. The maximum Gasteiger partial charge on any atom is 0.267 e. The predicted molar refractivity (Wildman–Crippen MR) is 116 cm³/mol. The van der Waals surface area contributed by atoms with Crippen LogP contribution in [-0.4, -0.2) is 17.0 Å². The Morgan fingerprint density at radius 2 is 1.59 bits per heavy atom. The molecule has 0 aliphatic rings. The zero-order valence-electron chi connectivity index (χ0n) is 16.5. The van der Waals surface area contributed by atoms with Gasteiger partial charge >= 0.3 is 0 Å². The fourth-order valence-corrected chi connectivity index (χ4v) is 3.47. The first-order chi connectivity index (χ1) is 14.2. The van der Waals surface area contributed by atoms with E-state index in [4.69, 9.17) is 4.74 Å². The van der Waals surface area contributed by atoms with E-state index >= 15 is 0 Å². The molecule has 29 heavy (non-hydrogen) atoms. The first kappa shape index (κ1) is 18.8. The van der Waals surface area contributed by atoms with E-state index in [1.165, 1.54) is 5.56 Å².